The van der Waals surface area contributed by atoms with Crippen molar-refractivity contribution in [1.29, 1.82) is 0 Å². The predicted octanol–water partition coefficient (Wildman–Crippen LogP) is 0.696. The molecule has 0 aromatic carbocycles. The van der Waals surface area contributed by atoms with Crippen molar-refractivity contribution in [3.63, 3.8) is 0 Å². The Morgan fingerprint density at radius 3 is 2.54 bits per heavy atom. The Morgan fingerprint density at radius 2 is 1.92 bits per heavy atom. The number of nitrogens with one attached hydrogen (secondary N) is 2. The van der Waals surface area contributed by atoms with E-state index in [2.05, 4.69) is 24.5 Å². The number of urea groups is 1. The van der Waals surface area contributed by atoms with Crippen LogP contribution in [0.15, 0.2) is 0 Å². The van der Waals surface area contributed by atoms with Crippen LogP contribution in [0.2, 0.25) is 0 Å². The summed E-state index contributed by atoms with van der Waals surface area (Å²) in [6.07, 6.45) is 1.67. The van der Waals surface area contributed by atoms with Gasteiger partial charge in [-0.2, -0.15) is 0 Å². The zero-order chi connectivity index (χ0) is 19.1. The molecule has 2 aliphatic heterocycles. The summed E-state index contributed by atoms with van der Waals surface area (Å²) >= 11 is 0. The molecule has 2 heterocycles. The summed E-state index contributed by atoms with van der Waals surface area (Å²) in [5.41, 5.74) is 0. The van der Waals surface area contributed by atoms with E-state index in [1.54, 1.807) is 4.90 Å². The van der Waals surface area contributed by atoms with Crippen LogP contribution >= 0.6 is 0 Å². The van der Waals surface area contributed by atoms with Crippen molar-refractivity contribution in [2.45, 2.75) is 58.2 Å². The number of carbonyl (C=O) groups excluding carboxylic acids is 3. The van der Waals surface area contributed by atoms with Gasteiger partial charge in [0.15, 0.2) is 5.78 Å². The van der Waals surface area contributed by atoms with Crippen molar-refractivity contribution in [3.05, 3.63) is 0 Å². The van der Waals surface area contributed by atoms with Gasteiger partial charge in [-0.1, -0.05) is 20.8 Å². The number of amides is 3. The molecule has 148 valence electrons. The number of morpholine rings is 1. The molecule has 2 rings (SSSR count). The molecule has 2 N–H and O–H groups in total. The van der Waals surface area contributed by atoms with Gasteiger partial charge in [0.05, 0.1) is 19.3 Å². The van der Waals surface area contributed by atoms with Gasteiger partial charge < -0.3 is 25.0 Å². The Balaban J connectivity index is 1.98. The van der Waals surface area contributed by atoms with Crippen LogP contribution in [0, 0.1) is 5.92 Å². The Bertz CT molecular complexity index is 505. The Labute approximate surface area is 155 Å². The highest BCUT2D eigenvalue weighted by atomic mass is 16.5. The van der Waals surface area contributed by atoms with E-state index in [-0.39, 0.29) is 30.4 Å². The summed E-state index contributed by atoms with van der Waals surface area (Å²) in [4.78, 5) is 38.9. The summed E-state index contributed by atoms with van der Waals surface area (Å²) in [6, 6.07) is -1.56. The van der Waals surface area contributed by atoms with E-state index >= 15 is 0 Å². The van der Waals surface area contributed by atoms with Gasteiger partial charge in [0.1, 0.15) is 18.7 Å². The van der Waals surface area contributed by atoms with E-state index in [0.717, 1.165) is 6.42 Å². The first-order chi connectivity index (χ1) is 12.4. The van der Waals surface area contributed by atoms with Crippen molar-refractivity contribution in [3.8, 4) is 0 Å². The van der Waals surface area contributed by atoms with E-state index in [4.69, 9.17) is 9.47 Å². The maximum Gasteiger partial charge on any atom is 0.318 e. The van der Waals surface area contributed by atoms with Crippen LogP contribution in [0.1, 0.15) is 40.0 Å². The molecule has 3 atom stereocenters. The second-order valence-electron chi connectivity index (χ2n) is 7.28. The minimum absolute atomic E-state index is 0.0280. The highest BCUT2D eigenvalue weighted by Gasteiger charge is 2.37. The number of ether oxygens (including phenoxy) is 2. The highest BCUT2D eigenvalue weighted by molar-refractivity contribution is 5.94. The van der Waals surface area contributed by atoms with Crippen molar-refractivity contribution in [1.82, 2.24) is 15.5 Å². The zero-order valence-electron chi connectivity index (χ0n) is 16.0. The topological polar surface area (TPSA) is 97.0 Å². The Kier molecular flexibility index (Phi) is 7.84. The third kappa shape index (κ3) is 5.67. The van der Waals surface area contributed by atoms with E-state index in [9.17, 15) is 14.4 Å². The molecule has 26 heavy (non-hydrogen) atoms. The molecule has 2 saturated heterocycles. The van der Waals surface area contributed by atoms with E-state index in [1.807, 2.05) is 6.92 Å². The van der Waals surface area contributed by atoms with Gasteiger partial charge >= 0.3 is 6.03 Å². The van der Waals surface area contributed by atoms with Gasteiger partial charge in [0.25, 0.3) is 0 Å². The number of carbonyl (C=O) groups is 3. The standard InChI is InChI=1S/C18H31N3O5/c1-4-15-16(14(22)11-26-15)20-17(23)13(6-5-12(2)3)19-18(24)21-7-9-25-10-8-21/h12-13,15-16H,4-11H2,1-3H3,(H,19,24)(H,20,23)/t13-,15?,16?/m0/s1. The average molecular weight is 369 g/mol. The number of rotatable bonds is 7. The van der Waals surface area contributed by atoms with Gasteiger partial charge in [-0.25, -0.2) is 4.79 Å². The molecule has 2 fully saturated rings. The lowest BCUT2D eigenvalue weighted by Crippen LogP contribution is -2.56. The van der Waals surface area contributed by atoms with E-state index in [1.165, 1.54) is 0 Å². The number of hydrogen-bond donors (Lipinski definition) is 2. The monoisotopic (exact) mass is 369 g/mol. The van der Waals surface area contributed by atoms with Crippen molar-refractivity contribution < 1.29 is 23.9 Å². The lowest BCUT2D eigenvalue weighted by atomic mass is 10.0. The smallest absolute Gasteiger partial charge is 0.318 e. The molecular formula is C18H31N3O5. The summed E-state index contributed by atoms with van der Waals surface area (Å²) in [7, 11) is 0. The van der Waals surface area contributed by atoms with Crippen LogP contribution in [-0.2, 0) is 19.1 Å². The van der Waals surface area contributed by atoms with Crippen molar-refractivity contribution in [2.24, 2.45) is 5.92 Å². The Morgan fingerprint density at radius 1 is 1.23 bits per heavy atom. The third-order valence-corrected chi connectivity index (χ3v) is 4.80. The van der Waals surface area contributed by atoms with E-state index in [0.29, 0.717) is 45.1 Å². The molecular weight excluding hydrogens is 338 g/mol. The Hall–Kier alpha value is -1.67. The van der Waals surface area contributed by atoms with Crippen molar-refractivity contribution >= 4 is 17.7 Å². The maximum absolute atomic E-state index is 12.8. The highest BCUT2D eigenvalue weighted by Crippen LogP contribution is 2.15. The molecule has 0 aromatic heterocycles. The number of Topliss-reactive ketones (excluding diaryl/α,β-unsaturated/α-hetero) is 1. The van der Waals surface area contributed by atoms with Gasteiger partial charge in [0, 0.05) is 13.1 Å². The summed E-state index contributed by atoms with van der Waals surface area (Å²) in [6.45, 7) is 8.11. The van der Waals surface area contributed by atoms with Gasteiger partial charge in [-0.3, -0.25) is 9.59 Å². The molecule has 0 bridgehead atoms. The first-order valence-corrected chi connectivity index (χ1v) is 9.50. The molecule has 0 aromatic rings. The zero-order valence-corrected chi connectivity index (χ0v) is 16.0. The predicted molar refractivity (Wildman–Crippen MR) is 95.8 cm³/mol. The fraction of sp³-hybridized carbons (Fsp3) is 0.833. The summed E-state index contributed by atoms with van der Waals surface area (Å²) < 4.78 is 10.7. The minimum atomic E-state index is -0.668. The molecule has 0 saturated carbocycles. The van der Waals surface area contributed by atoms with Gasteiger partial charge in [0.2, 0.25) is 5.91 Å². The molecule has 2 aliphatic rings. The van der Waals surface area contributed by atoms with E-state index < -0.39 is 12.1 Å². The molecule has 8 heteroatoms. The third-order valence-electron chi connectivity index (χ3n) is 4.80. The number of nitrogens with zero attached hydrogens (tertiary/aromatic N) is 1. The summed E-state index contributed by atoms with van der Waals surface area (Å²) in [5.74, 6) is -0.0349. The van der Waals surface area contributed by atoms with Crippen LogP contribution in [0.4, 0.5) is 4.79 Å². The molecule has 8 nitrogen and oxygen atoms in total. The minimum Gasteiger partial charge on any atom is -0.378 e. The van der Waals surface area contributed by atoms with Crippen LogP contribution in [0.3, 0.4) is 0 Å². The normalized spacial score (nSPS) is 24.6. The first-order valence-electron chi connectivity index (χ1n) is 9.50. The SMILES string of the molecule is CCC1OCC(=O)C1NC(=O)[C@H](CCC(C)C)NC(=O)N1CCOCC1. The number of hydrogen-bond acceptors (Lipinski definition) is 5. The fourth-order valence-electron chi connectivity index (χ4n) is 3.14. The van der Waals surface area contributed by atoms with Crippen LogP contribution in [-0.4, -0.2) is 73.7 Å². The van der Waals surface area contributed by atoms with Crippen LogP contribution in [0.5, 0.6) is 0 Å². The lowest BCUT2D eigenvalue weighted by molar-refractivity contribution is -0.127. The molecule has 3 amide bonds. The lowest BCUT2D eigenvalue weighted by Gasteiger charge is -2.29. The van der Waals surface area contributed by atoms with Crippen molar-refractivity contribution in [2.75, 3.05) is 32.9 Å². The average Bonchev–Trinajstić information content (AvgIpc) is 2.98. The molecule has 0 spiro atoms. The second-order valence-corrected chi connectivity index (χ2v) is 7.28. The maximum atomic E-state index is 12.8. The van der Waals surface area contributed by atoms with Crippen LogP contribution < -0.4 is 10.6 Å². The molecule has 0 radical (unpaired) electrons. The van der Waals surface area contributed by atoms with Crippen LogP contribution in [0.25, 0.3) is 0 Å². The summed E-state index contributed by atoms with van der Waals surface area (Å²) in [5, 5.41) is 5.62. The largest absolute Gasteiger partial charge is 0.378 e. The fourth-order valence-corrected chi connectivity index (χ4v) is 3.14. The first kappa shape index (κ1) is 20.6. The van der Waals surface area contributed by atoms with Gasteiger partial charge in [-0.05, 0) is 25.2 Å². The quantitative estimate of drug-likeness (QED) is 0.688. The number of ketones is 1. The van der Waals surface area contributed by atoms with Gasteiger partial charge in [-0.15, -0.1) is 0 Å². The molecule has 2 unspecified atom stereocenters. The second kappa shape index (κ2) is 9.87. The molecule has 0 aliphatic carbocycles.